The number of benzene rings is 2. The molecule has 4 heteroatoms. The van der Waals surface area contributed by atoms with Crippen LogP contribution in [0.5, 0.6) is 5.75 Å². The highest BCUT2D eigenvalue weighted by molar-refractivity contribution is 5.79. The molecule has 1 atom stereocenters. The molecule has 3 rings (SSSR count). The largest absolute Gasteiger partial charge is 0.497 e. The first kappa shape index (κ1) is 14.2. The van der Waals surface area contributed by atoms with Gasteiger partial charge in [-0.2, -0.15) is 9.78 Å². The van der Waals surface area contributed by atoms with Crippen molar-refractivity contribution >= 4 is 10.9 Å². The zero-order valence-electron chi connectivity index (χ0n) is 12.4. The van der Waals surface area contributed by atoms with Crippen LogP contribution in [-0.4, -0.2) is 23.4 Å². The van der Waals surface area contributed by atoms with Crippen molar-refractivity contribution in [2.24, 2.45) is 5.73 Å². The third-order valence-electron chi connectivity index (χ3n) is 3.51. The van der Waals surface area contributed by atoms with Crippen LogP contribution in [0.2, 0.25) is 0 Å². The van der Waals surface area contributed by atoms with Gasteiger partial charge in [-0.25, -0.2) is 0 Å². The third kappa shape index (κ3) is 2.95. The molecule has 1 aromatic heterocycles. The fourth-order valence-electron chi connectivity index (χ4n) is 2.29. The van der Waals surface area contributed by atoms with E-state index >= 15 is 0 Å². The molecule has 110 valence electrons. The lowest BCUT2D eigenvalue weighted by molar-refractivity contribution is 0.415. The molecule has 0 amide bonds. The summed E-state index contributed by atoms with van der Waals surface area (Å²) in [6.45, 7) is 0.478. The van der Waals surface area contributed by atoms with Crippen molar-refractivity contribution in [1.29, 1.82) is 0 Å². The van der Waals surface area contributed by atoms with Crippen molar-refractivity contribution in [2.45, 2.75) is 5.92 Å². The third-order valence-corrected chi connectivity index (χ3v) is 3.51. The summed E-state index contributed by atoms with van der Waals surface area (Å²) in [4.78, 5) is 0. The van der Waals surface area contributed by atoms with Gasteiger partial charge in [0.15, 0.2) is 0 Å². The average Bonchev–Trinajstić information content (AvgIpc) is 2.98. The zero-order valence-corrected chi connectivity index (χ0v) is 12.4. The molecule has 22 heavy (non-hydrogen) atoms. The van der Waals surface area contributed by atoms with Gasteiger partial charge >= 0.3 is 0 Å². The number of hydrogen-bond donors (Lipinski definition) is 1. The molecule has 1 unspecified atom stereocenters. The molecule has 1 heterocycles. The number of methoxy groups -OCH3 is 1. The molecule has 3 aromatic rings. The molecule has 0 bridgehead atoms. The van der Waals surface area contributed by atoms with Gasteiger partial charge in [-0.15, -0.1) is 0 Å². The summed E-state index contributed by atoms with van der Waals surface area (Å²) >= 11 is 0. The van der Waals surface area contributed by atoms with Crippen molar-refractivity contribution in [3.63, 3.8) is 0 Å². The molecule has 0 saturated heterocycles. The Morgan fingerprint density at radius 1 is 1.23 bits per heavy atom. The molecule has 0 fully saturated rings. The Bertz CT molecular complexity index is 828. The smallest absolute Gasteiger partial charge is 0.121 e. The van der Waals surface area contributed by atoms with Crippen molar-refractivity contribution in [3.05, 3.63) is 60.3 Å². The number of nitrogens with two attached hydrogens (primary N) is 1. The maximum absolute atomic E-state index is 5.83. The van der Waals surface area contributed by atoms with Gasteiger partial charge in [-0.1, -0.05) is 36.3 Å². The number of nitrogens with zero attached hydrogens (tertiary/aromatic N) is 2. The fraction of sp³-hybridized carbons (Fsp3) is 0.167. The first-order valence-corrected chi connectivity index (χ1v) is 7.10. The number of aromatic nitrogens is 2. The number of ether oxygens (including phenoxy) is 1. The van der Waals surface area contributed by atoms with Gasteiger partial charge in [-0.3, -0.25) is 0 Å². The second-order valence-electron chi connectivity index (χ2n) is 4.95. The summed E-state index contributed by atoms with van der Waals surface area (Å²) in [7, 11) is 1.64. The highest BCUT2D eigenvalue weighted by atomic mass is 16.5. The van der Waals surface area contributed by atoms with Gasteiger partial charge < -0.3 is 10.5 Å². The predicted molar refractivity (Wildman–Crippen MR) is 87.7 cm³/mol. The Hall–Kier alpha value is -2.77. The lowest BCUT2D eigenvalue weighted by Gasteiger charge is -2.06. The lowest BCUT2D eigenvalue weighted by atomic mass is 10.0. The van der Waals surface area contributed by atoms with E-state index in [0.29, 0.717) is 6.54 Å². The summed E-state index contributed by atoms with van der Waals surface area (Å²) in [6.07, 6.45) is 1.90. The van der Waals surface area contributed by atoms with E-state index in [4.69, 9.17) is 10.5 Å². The van der Waals surface area contributed by atoms with Gasteiger partial charge in [0.1, 0.15) is 5.75 Å². The van der Waals surface area contributed by atoms with Crippen LogP contribution in [0.3, 0.4) is 0 Å². The Labute approximate surface area is 129 Å². The number of hydrogen-bond acceptors (Lipinski definition) is 3. The van der Waals surface area contributed by atoms with Crippen LogP contribution in [0.1, 0.15) is 11.5 Å². The van der Waals surface area contributed by atoms with Crippen LogP contribution in [0.4, 0.5) is 0 Å². The van der Waals surface area contributed by atoms with E-state index in [0.717, 1.165) is 22.2 Å². The van der Waals surface area contributed by atoms with Gasteiger partial charge in [0.25, 0.3) is 0 Å². The molecule has 0 saturated carbocycles. The van der Waals surface area contributed by atoms with Gasteiger partial charge in [0.05, 0.1) is 18.5 Å². The average molecular weight is 291 g/mol. The molecular weight excluding hydrogens is 274 g/mol. The normalized spacial score (nSPS) is 11.7. The summed E-state index contributed by atoms with van der Waals surface area (Å²) in [5.74, 6) is 3.98. The molecule has 0 radical (unpaired) electrons. The highest BCUT2D eigenvalue weighted by Crippen LogP contribution is 2.19. The van der Waals surface area contributed by atoms with Crippen LogP contribution < -0.4 is 10.5 Å². The maximum Gasteiger partial charge on any atom is 0.121 e. The van der Waals surface area contributed by atoms with E-state index in [1.165, 1.54) is 0 Å². The molecule has 2 aromatic carbocycles. The summed E-state index contributed by atoms with van der Waals surface area (Å²) in [6, 6.07) is 18.9. The Kier molecular flexibility index (Phi) is 4.08. The van der Waals surface area contributed by atoms with Crippen LogP contribution in [-0.2, 0) is 0 Å². The van der Waals surface area contributed by atoms with Gasteiger partial charge in [0.2, 0.25) is 0 Å². The molecule has 0 aliphatic rings. The molecular formula is C18H17N3O. The Morgan fingerprint density at radius 2 is 2.05 bits per heavy atom. The van der Waals surface area contributed by atoms with Crippen molar-refractivity contribution in [1.82, 2.24) is 9.78 Å². The van der Waals surface area contributed by atoms with E-state index in [1.807, 2.05) is 54.7 Å². The number of fused-ring (bicyclic) bond motifs is 1. The fourth-order valence-corrected chi connectivity index (χ4v) is 2.29. The van der Waals surface area contributed by atoms with Crippen molar-refractivity contribution in [3.8, 4) is 17.7 Å². The van der Waals surface area contributed by atoms with Gasteiger partial charge in [0, 0.05) is 30.2 Å². The number of rotatable bonds is 3. The molecule has 4 nitrogen and oxygen atoms in total. The van der Waals surface area contributed by atoms with Crippen molar-refractivity contribution < 1.29 is 4.74 Å². The molecule has 0 aliphatic heterocycles. The highest BCUT2D eigenvalue weighted by Gasteiger charge is 2.05. The van der Waals surface area contributed by atoms with E-state index < -0.39 is 0 Å². The Morgan fingerprint density at radius 3 is 2.77 bits per heavy atom. The minimum Gasteiger partial charge on any atom is -0.497 e. The van der Waals surface area contributed by atoms with E-state index in [1.54, 1.807) is 11.8 Å². The van der Waals surface area contributed by atoms with Crippen LogP contribution >= 0.6 is 0 Å². The van der Waals surface area contributed by atoms with Crippen LogP contribution in [0, 0.1) is 12.0 Å². The summed E-state index contributed by atoms with van der Waals surface area (Å²) in [5.41, 5.74) is 7.81. The minimum atomic E-state index is 0.00282. The van der Waals surface area contributed by atoms with Gasteiger partial charge in [-0.05, 0) is 17.7 Å². The standard InChI is InChI=1S/C18H17N3O/c1-22-17-8-7-16-13-21(20-18(16)11-17)10-9-15(12-19)14-5-3-2-4-6-14/h2-8,11,13,15H,12,19H2,1H3. The lowest BCUT2D eigenvalue weighted by Crippen LogP contribution is -2.10. The van der Waals surface area contributed by atoms with E-state index in [-0.39, 0.29) is 5.92 Å². The zero-order chi connectivity index (χ0) is 15.4. The molecule has 2 N–H and O–H groups in total. The summed E-state index contributed by atoms with van der Waals surface area (Å²) < 4.78 is 6.84. The monoisotopic (exact) mass is 291 g/mol. The topological polar surface area (TPSA) is 53.1 Å². The first-order valence-electron chi connectivity index (χ1n) is 7.10. The second kappa shape index (κ2) is 6.33. The first-order chi connectivity index (χ1) is 10.8. The SMILES string of the molecule is COc1ccc2cn(C#CC(CN)c3ccccc3)nc2c1. The van der Waals surface area contributed by atoms with Crippen molar-refractivity contribution in [2.75, 3.05) is 13.7 Å². The molecule has 0 spiro atoms. The van der Waals surface area contributed by atoms with Crippen LogP contribution in [0.25, 0.3) is 10.9 Å². The van der Waals surface area contributed by atoms with E-state index in [9.17, 15) is 0 Å². The molecule has 0 aliphatic carbocycles. The quantitative estimate of drug-likeness (QED) is 0.755. The summed E-state index contributed by atoms with van der Waals surface area (Å²) in [5, 5.41) is 5.47. The van der Waals surface area contributed by atoms with E-state index in [2.05, 4.69) is 17.1 Å². The predicted octanol–water partition coefficient (Wildman–Crippen LogP) is 2.60. The van der Waals surface area contributed by atoms with Crippen LogP contribution in [0.15, 0.2) is 54.7 Å². The minimum absolute atomic E-state index is 0.00282. The maximum atomic E-state index is 5.83. The Balaban J connectivity index is 1.89. The second-order valence-corrected chi connectivity index (χ2v) is 4.95.